The van der Waals surface area contributed by atoms with Gasteiger partial charge in [0.05, 0.1) is 11.3 Å². The maximum Gasteiger partial charge on any atom is 0.262 e. The maximum atomic E-state index is 12.2. The maximum absolute atomic E-state index is 12.2. The van der Waals surface area contributed by atoms with Crippen molar-refractivity contribution in [2.24, 2.45) is 0 Å². The molecule has 120 valence electrons. The summed E-state index contributed by atoms with van der Waals surface area (Å²) in [6, 6.07) is 5.26. The predicted octanol–water partition coefficient (Wildman–Crippen LogP) is 2.26. The molecule has 3 rings (SSSR count). The molecule has 0 spiro atoms. The van der Waals surface area contributed by atoms with Gasteiger partial charge in [-0.15, -0.1) is 0 Å². The molecule has 6 nitrogen and oxygen atoms in total. The van der Waals surface area contributed by atoms with Crippen LogP contribution in [0.4, 0.5) is 5.69 Å². The van der Waals surface area contributed by atoms with Gasteiger partial charge in [-0.2, -0.15) is 0 Å². The first kappa shape index (κ1) is 15.3. The van der Waals surface area contributed by atoms with Crippen LogP contribution in [-0.2, 0) is 14.4 Å². The molecule has 6 heteroatoms. The second-order valence-electron chi connectivity index (χ2n) is 5.72. The summed E-state index contributed by atoms with van der Waals surface area (Å²) in [5.41, 5.74) is 1.35. The van der Waals surface area contributed by atoms with Crippen molar-refractivity contribution in [1.82, 2.24) is 0 Å². The van der Waals surface area contributed by atoms with E-state index < -0.39 is 0 Å². The minimum absolute atomic E-state index is 0.0454. The third-order valence-corrected chi connectivity index (χ3v) is 4.15. The van der Waals surface area contributed by atoms with Crippen molar-refractivity contribution >= 4 is 23.2 Å². The minimum Gasteiger partial charge on any atom is -0.511 e. The molecule has 1 aromatic rings. The molecule has 2 aliphatic rings. The number of carbonyl (C=O) groups excluding carboxylic acids is 3. The molecule has 0 unspecified atom stereocenters. The van der Waals surface area contributed by atoms with E-state index in [-0.39, 0.29) is 60.6 Å². The van der Waals surface area contributed by atoms with E-state index in [9.17, 15) is 19.5 Å². The van der Waals surface area contributed by atoms with Crippen LogP contribution >= 0.6 is 0 Å². The molecule has 1 amide bonds. The number of carbonyl (C=O) groups is 3. The lowest BCUT2D eigenvalue weighted by Gasteiger charge is -2.25. The van der Waals surface area contributed by atoms with E-state index in [0.717, 1.165) is 5.56 Å². The second-order valence-corrected chi connectivity index (χ2v) is 5.72. The number of hydrogen-bond donors (Lipinski definition) is 2. The van der Waals surface area contributed by atoms with Gasteiger partial charge in [0.15, 0.2) is 18.2 Å². The van der Waals surface area contributed by atoms with Crippen molar-refractivity contribution < 1.29 is 24.2 Å². The summed E-state index contributed by atoms with van der Waals surface area (Å²) in [5.74, 6) is -0.683. The molecule has 1 heterocycles. The molecule has 1 fully saturated rings. The number of hydrogen-bond acceptors (Lipinski definition) is 5. The Morgan fingerprint density at radius 1 is 1.26 bits per heavy atom. The number of nitrogens with one attached hydrogen (secondary N) is 1. The van der Waals surface area contributed by atoms with Gasteiger partial charge in [0.2, 0.25) is 0 Å². The minimum atomic E-state index is -0.322. The number of allylic oxidation sites excluding steroid dienone is 2. The third-order valence-electron chi connectivity index (χ3n) is 4.15. The Morgan fingerprint density at radius 3 is 2.61 bits per heavy atom. The number of benzene rings is 1. The zero-order chi connectivity index (χ0) is 16.6. The summed E-state index contributed by atoms with van der Waals surface area (Å²) in [7, 11) is 0. The molecule has 1 aromatic carbocycles. The van der Waals surface area contributed by atoms with Crippen molar-refractivity contribution in [1.29, 1.82) is 0 Å². The first-order chi connectivity index (χ1) is 11.0. The SMILES string of the molecule is CCC(O)=C1C(=O)CC(c2ccc3c(c2)OCC(=O)N3)CC1=O. The number of amides is 1. The van der Waals surface area contributed by atoms with Crippen LogP contribution in [0.5, 0.6) is 5.75 Å². The van der Waals surface area contributed by atoms with Gasteiger partial charge >= 0.3 is 0 Å². The predicted molar refractivity (Wildman–Crippen MR) is 82.5 cm³/mol. The number of anilines is 1. The number of aliphatic hydroxyl groups is 1. The Hall–Kier alpha value is -2.63. The quantitative estimate of drug-likeness (QED) is 0.496. The van der Waals surface area contributed by atoms with E-state index in [1.54, 1.807) is 25.1 Å². The lowest BCUT2D eigenvalue weighted by Crippen LogP contribution is -2.27. The fraction of sp³-hybridized carbons (Fsp3) is 0.353. The highest BCUT2D eigenvalue weighted by Crippen LogP contribution is 2.37. The summed E-state index contributed by atoms with van der Waals surface area (Å²) in [4.78, 5) is 35.7. The van der Waals surface area contributed by atoms with Gasteiger partial charge in [0.25, 0.3) is 5.91 Å². The number of fused-ring (bicyclic) bond motifs is 1. The Labute approximate surface area is 133 Å². The third kappa shape index (κ3) is 2.84. The van der Waals surface area contributed by atoms with E-state index >= 15 is 0 Å². The standard InChI is InChI=1S/C17H17NO5/c1-2-12(19)17-13(20)5-10(6-14(17)21)9-3-4-11-15(7-9)23-8-16(22)18-11/h3-4,7,10,19H,2,5-6,8H2,1H3,(H,18,22). The summed E-state index contributed by atoms with van der Waals surface area (Å²) in [5, 5.41) is 12.4. The highest BCUT2D eigenvalue weighted by Gasteiger charge is 2.34. The summed E-state index contributed by atoms with van der Waals surface area (Å²) < 4.78 is 5.37. The first-order valence-corrected chi connectivity index (χ1v) is 7.54. The largest absolute Gasteiger partial charge is 0.511 e. The van der Waals surface area contributed by atoms with Crippen molar-refractivity contribution in [3.8, 4) is 5.75 Å². The monoisotopic (exact) mass is 315 g/mol. The van der Waals surface area contributed by atoms with E-state index in [1.165, 1.54) is 0 Å². The van der Waals surface area contributed by atoms with Crippen LogP contribution in [0.2, 0.25) is 0 Å². The highest BCUT2D eigenvalue weighted by atomic mass is 16.5. The van der Waals surface area contributed by atoms with Gasteiger partial charge in [-0.25, -0.2) is 0 Å². The smallest absolute Gasteiger partial charge is 0.262 e. The highest BCUT2D eigenvalue weighted by molar-refractivity contribution is 6.22. The fourth-order valence-corrected chi connectivity index (χ4v) is 2.96. The van der Waals surface area contributed by atoms with Crippen LogP contribution < -0.4 is 10.1 Å². The van der Waals surface area contributed by atoms with Crippen LogP contribution in [0.3, 0.4) is 0 Å². The molecule has 1 saturated carbocycles. The van der Waals surface area contributed by atoms with Crippen molar-refractivity contribution in [2.45, 2.75) is 32.1 Å². The molecular weight excluding hydrogens is 298 g/mol. The molecule has 2 N–H and O–H groups in total. The van der Waals surface area contributed by atoms with Gasteiger partial charge in [-0.1, -0.05) is 13.0 Å². The Morgan fingerprint density at radius 2 is 1.96 bits per heavy atom. The Balaban J connectivity index is 1.86. The van der Waals surface area contributed by atoms with Gasteiger partial charge in [-0.05, 0) is 23.6 Å². The molecular formula is C17H17NO5. The Kier molecular flexibility index (Phi) is 3.90. The van der Waals surface area contributed by atoms with Gasteiger partial charge in [0, 0.05) is 19.3 Å². The topological polar surface area (TPSA) is 92.7 Å². The number of Topliss-reactive ketones (excluding diaryl/α,β-unsaturated/α-hetero) is 2. The van der Waals surface area contributed by atoms with E-state index in [1.807, 2.05) is 0 Å². The van der Waals surface area contributed by atoms with Crippen LogP contribution in [0.25, 0.3) is 0 Å². The van der Waals surface area contributed by atoms with Crippen LogP contribution in [0, 0.1) is 0 Å². The lowest BCUT2D eigenvalue weighted by molar-refractivity contribution is -0.124. The molecule has 0 radical (unpaired) electrons. The van der Waals surface area contributed by atoms with E-state index in [4.69, 9.17) is 4.74 Å². The zero-order valence-electron chi connectivity index (χ0n) is 12.7. The number of aliphatic hydroxyl groups excluding tert-OH is 1. The fourth-order valence-electron chi connectivity index (χ4n) is 2.96. The van der Waals surface area contributed by atoms with Crippen LogP contribution in [-0.4, -0.2) is 29.2 Å². The van der Waals surface area contributed by atoms with Crippen molar-refractivity contribution in [2.75, 3.05) is 11.9 Å². The molecule has 23 heavy (non-hydrogen) atoms. The van der Waals surface area contributed by atoms with E-state index in [2.05, 4.69) is 5.32 Å². The first-order valence-electron chi connectivity index (χ1n) is 7.54. The lowest BCUT2D eigenvalue weighted by atomic mass is 9.79. The van der Waals surface area contributed by atoms with Crippen LogP contribution in [0.1, 0.15) is 37.7 Å². The number of ketones is 2. The molecule has 0 atom stereocenters. The van der Waals surface area contributed by atoms with E-state index in [0.29, 0.717) is 11.4 Å². The molecule has 1 aliphatic heterocycles. The van der Waals surface area contributed by atoms with Crippen molar-refractivity contribution in [3.05, 3.63) is 35.1 Å². The second kappa shape index (κ2) is 5.87. The number of ether oxygens (including phenoxy) is 1. The van der Waals surface area contributed by atoms with Gasteiger partial charge < -0.3 is 15.2 Å². The summed E-state index contributed by atoms with van der Waals surface area (Å²) >= 11 is 0. The van der Waals surface area contributed by atoms with Crippen LogP contribution in [0.15, 0.2) is 29.5 Å². The molecule has 0 aromatic heterocycles. The average Bonchev–Trinajstić information content (AvgIpc) is 2.53. The average molecular weight is 315 g/mol. The summed E-state index contributed by atoms with van der Waals surface area (Å²) in [6.07, 6.45) is 0.621. The Bertz CT molecular complexity index is 714. The van der Waals surface area contributed by atoms with Crippen molar-refractivity contribution in [3.63, 3.8) is 0 Å². The van der Waals surface area contributed by atoms with Gasteiger partial charge in [0.1, 0.15) is 11.5 Å². The number of rotatable bonds is 2. The zero-order valence-corrected chi connectivity index (χ0v) is 12.7. The summed E-state index contributed by atoms with van der Waals surface area (Å²) in [6.45, 7) is 1.65. The normalized spacial score (nSPS) is 20.7. The van der Waals surface area contributed by atoms with Gasteiger partial charge in [-0.3, -0.25) is 14.4 Å². The molecule has 0 saturated heterocycles. The molecule has 0 bridgehead atoms. The molecule has 1 aliphatic carbocycles.